The van der Waals surface area contributed by atoms with Gasteiger partial charge in [-0.1, -0.05) is 49.4 Å². The molecule has 4 rings (SSSR count). The molecule has 9 heteroatoms. The average Bonchev–Trinajstić information content (AvgIpc) is 3.54. The molecule has 2 aromatic heterocycles. The Balaban J connectivity index is 1.69. The summed E-state index contributed by atoms with van der Waals surface area (Å²) >= 11 is 1.55. The highest BCUT2D eigenvalue weighted by molar-refractivity contribution is 7.09. The molecule has 0 saturated heterocycles. The van der Waals surface area contributed by atoms with Crippen molar-refractivity contribution in [1.82, 2.24) is 25.2 Å². The smallest absolute Gasteiger partial charge is 0.247 e. The fraction of sp³-hybridized carbons (Fsp3) is 0.333. The van der Waals surface area contributed by atoms with Crippen molar-refractivity contribution < 1.29 is 14.3 Å². The van der Waals surface area contributed by atoms with Crippen LogP contribution in [0.15, 0.2) is 66.0 Å². The van der Waals surface area contributed by atoms with Crippen molar-refractivity contribution in [3.8, 4) is 5.75 Å². The molecule has 4 aromatic rings. The van der Waals surface area contributed by atoms with Gasteiger partial charge in [0, 0.05) is 11.4 Å². The SMILES string of the molecule is COc1ccc([C@@H](C(=O)NCCC(C)C)N(Cc2cccs2)C(=O)Cn2nnc3ccccc32)cc1. The summed E-state index contributed by atoms with van der Waals surface area (Å²) < 4.78 is 6.89. The number of carbonyl (C=O) groups excluding carboxylic acids is 2. The summed E-state index contributed by atoms with van der Waals surface area (Å²) in [7, 11) is 1.60. The van der Waals surface area contributed by atoms with Crippen LogP contribution in [0.1, 0.15) is 36.8 Å². The highest BCUT2D eigenvalue weighted by atomic mass is 32.1. The number of aromatic nitrogens is 3. The fourth-order valence-electron chi connectivity index (χ4n) is 3.99. The zero-order chi connectivity index (χ0) is 25.5. The molecule has 0 aliphatic rings. The van der Waals surface area contributed by atoms with Gasteiger partial charge in [0.1, 0.15) is 23.9 Å². The Morgan fingerprint density at radius 2 is 1.86 bits per heavy atom. The lowest BCUT2D eigenvalue weighted by molar-refractivity contribution is -0.142. The molecule has 2 heterocycles. The second-order valence-corrected chi connectivity index (χ2v) is 10.0. The van der Waals surface area contributed by atoms with Crippen LogP contribution >= 0.6 is 11.3 Å². The van der Waals surface area contributed by atoms with Gasteiger partial charge in [0.25, 0.3) is 0 Å². The lowest BCUT2D eigenvalue weighted by Gasteiger charge is -2.31. The number of nitrogens with one attached hydrogen (secondary N) is 1. The third-order valence-electron chi connectivity index (χ3n) is 5.94. The van der Waals surface area contributed by atoms with E-state index in [-0.39, 0.29) is 18.4 Å². The summed E-state index contributed by atoms with van der Waals surface area (Å²) in [6, 6.07) is 17.9. The molecule has 0 spiro atoms. The number of hydrogen-bond acceptors (Lipinski definition) is 6. The van der Waals surface area contributed by atoms with Gasteiger partial charge >= 0.3 is 0 Å². The minimum Gasteiger partial charge on any atom is -0.497 e. The van der Waals surface area contributed by atoms with E-state index in [1.54, 1.807) is 28.0 Å². The molecule has 188 valence electrons. The quantitative estimate of drug-likeness (QED) is 0.326. The van der Waals surface area contributed by atoms with Crippen molar-refractivity contribution in [2.75, 3.05) is 13.7 Å². The van der Waals surface area contributed by atoms with Crippen LogP contribution in [0, 0.1) is 5.92 Å². The number of methoxy groups -OCH3 is 1. The number of hydrogen-bond donors (Lipinski definition) is 1. The molecule has 36 heavy (non-hydrogen) atoms. The molecule has 0 aliphatic carbocycles. The van der Waals surface area contributed by atoms with Crippen LogP contribution in [-0.4, -0.2) is 45.4 Å². The van der Waals surface area contributed by atoms with Crippen LogP contribution in [0.3, 0.4) is 0 Å². The van der Waals surface area contributed by atoms with Crippen LogP contribution in [0.25, 0.3) is 11.0 Å². The molecule has 2 amide bonds. The number of benzene rings is 2. The largest absolute Gasteiger partial charge is 0.497 e. The fourth-order valence-corrected chi connectivity index (χ4v) is 4.69. The van der Waals surface area contributed by atoms with E-state index in [4.69, 9.17) is 4.74 Å². The molecular formula is C27H31N5O3S. The van der Waals surface area contributed by atoms with Crippen molar-refractivity contribution in [3.05, 3.63) is 76.5 Å². The summed E-state index contributed by atoms with van der Waals surface area (Å²) in [5, 5.41) is 13.4. The van der Waals surface area contributed by atoms with Gasteiger partial charge in [0.2, 0.25) is 11.8 Å². The monoisotopic (exact) mass is 505 g/mol. The predicted octanol–water partition coefficient (Wildman–Crippen LogP) is 4.43. The van der Waals surface area contributed by atoms with E-state index < -0.39 is 6.04 Å². The second kappa shape index (κ2) is 11.8. The first-order chi connectivity index (χ1) is 17.5. The van der Waals surface area contributed by atoms with E-state index >= 15 is 0 Å². The van der Waals surface area contributed by atoms with Gasteiger partial charge in [0.15, 0.2) is 0 Å². The van der Waals surface area contributed by atoms with E-state index in [0.29, 0.717) is 35.8 Å². The van der Waals surface area contributed by atoms with Gasteiger partial charge in [-0.2, -0.15) is 0 Å². The van der Waals surface area contributed by atoms with Crippen molar-refractivity contribution in [3.63, 3.8) is 0 Å². The Bertz CT molecular complexity index is 1280. The Morgan fingerprint density at radius 3 is 2.56 bits per heavy atom. The van der Waals surface area contributed by atoms with Gasteiger partial charge in [-0.3, -0.25) is 9.59 Å². The summed E-state index contributed by atoms with van der Waals surface area (Å²) in [6.45, 7) is 5.04. The second-order valence-electron chi connectivity index (χ2n) is 8.99. The minimum atomic E-state index is -0.813. The Morgan fingerprint density at radius 1 is 1.08 bits per heavy atom. The first-order valence-electron chi connectivity index (χ1n) is 12.0. The molecule has 0 saturated carbocycles. The lowest BCUT2D eigenvalue weighted by atomic mass is 10.0. The highest BCUT2D eigenvalue weighted by Gasteiger charge is 2.32. The number of fused-ring (bicyclic) bond motifs is 1. The maximum Gasteiger partial charge on any atom is 0.247 e. The van der Waals surface area contributed by atoms with E-state index in [9.17, 15) is 9.59 Å². The van der Waals surface area contributed by atoms with Crippen molar-refractivity contribution in [2.24, 2.45) is 5.92 Å². The topological polar surface area (TPSA) is 89.4 Å². The zero-order valence-electron chi connectivity index (χ0n) is 20.8. The van der Waals surface area contributed by atoms with Crippen LogP contribution < -0.4 is 10.1 Å². The molecule has 2 aromatic carbocycles. The van der Waals surface area contributed by atoms with Crippen LogP contribution in [0.4, 0.5) is 0 Å². The number of amides is 2. The van der Waals surface area contributed by atoms with Crippen LogP contribution in [0.2, 0.25) is 0 Å². The van der Waals surface area contributed by atoms with E-state index in [1.165, 1.54) is 0 Å². The third-order valence-corrected chi connectivity index (χ3v) is 6.81. The van der Waals surface area contributed by atoms with Crippen molar-refractivity contribution in [2.45, 2.75) is 39.4 Å². The standard InChI is InChI=1S/C27H31N5O3S/c1-19(2)14-15-28-27(34)26(20-10-12-21(35-3)13-11-20)31(17-22-7-6-16-36-22)25(33)18-32-24-9-5-4-8-23(24)29-30-32/h4-13,16,19,26H,14-15,17-18H2,1-3H3,(H,28,34)/t26-/m0/s1. The van der Waals surface area contributed by atoms with E-state index in [0.717, 1.165) is 16.8 Å². The number of para-hydroxylation sites is 1. The average molecular weight is 506 g/mol. The minimum absolute atomic E-state index is 0.0299. The Labute approximate surface area is 214 Å². The summed E-state index contributed by atoms with van der Waals surface area (Å²) in [6.07, 6.45) is 0.852. The van der Waals surface area contributed by atoms with E-state index in [1.807, 2.05) is 66.0 Å². The summed E-state index contributed by atoms with van der Waals surface area (Å²) in [4.78, 5) is 30.1. The lowest BCUT2D eigenvalue weighted by Crippen LogP contribution is -2.44. The molecule has 8 nitrogen and oxygen atoms in total. The van der Waals surface area contributed by atoms with Crippen molar-refractivity contribution in [1.29, 1.82) is 0 Å². The maximum absolute atomic E-state index is 13.8. The zero-order valence-corrected chi connectivity index (χ0v) is 21.6. The molecule has 0 unspecified atom stereocenters. The van der Waals surface area contributed by atoms with E-state index in [2.05, 4.69) is 29.5 Å². The molecule has 1 atom stereocenters. The summed E-state index contributed by atoms with van der Waals surface area (Å²) in [5.74, 6) is 0.699. The summed E-state index contributed by atoms with van der Waals surface area (Å²) in [5.41, 5.74) is 2.20. The third kappa shape index (κ3) is 6.09. The van der Waals surface area contributed by atoms with Gasteiger partial charge in [-0.15, -0.1) is 16.4 Å². The maximum atomic E-state index is 13.8. The number of thiophene rings is 1. The number of carbonyl (C=O) groups is 2. The molecule has 0 aliphatic heterocycles. The van der Waals surface area contributed by atoms with Crippen LogP contribution in [-0.2, 0) is 22.7 Å². The number of ether oxygens (including phenoxy) is 1. The molecule has 0 fully saturated rings. The molecule has 1 N–H and O–H groups in total. The normalized spacial score (nSPS) is 12.0. The number of rotatable bonds is 11. The first kappa shape index (κ1) is 25.4. The van der Waals surface area contributed by atoms with Gasteiger partial charge in [0.05, 0.1) is 19.2 Å². The molecule has 0 radical (unpaired) electrons. The number of nitrogens with zero attached hydrogens (tertiary/aromatic N) is 4. The first-order valence-corrected chi connectivity index (χ1v) is 12.9. The predicted molar refractivity (Wildman–Crippen MR) is 141 cm³/mol. The Kier molecular flexibility index (Phi) is 8.32. The van der Waals surface area contributed by atoms with Gasteiger partial charge in [-0.25, -0.2) is 4.68 Å². The molecular weight excluding hydrogens is 474 g/mol. The van der Waals surface area contributed by atoms with Crippen molar-refractivity contribution >= 4 is 34.2 Å². The Hall–Kier alpha value is -3.72. The van der Waals surface area contributed by atoms with Gasteiger partial charge in [-0.05, 0) is 53.6 Å². The highest BCUT2D eigenvalue weighted by Crippen LogP contribution is 2.27. The molecule has 0 bridgehead atoms. The van der Waals surface area contributed by atoms with Gasteiger partial charge < -0.3 is 15.0 Å². The van der Waals surface area contributed by atoms with Crippen LogP contribution in [0.5, 0.6) is 5.75 Å².